The highest BCUT2D eigenvalue weighted by Crippen LogP contribution is 2.14. The fourth-order valence-electron chi connectivity index (χ4n) is 1.69. The number of carbonyl (C=O) groups excluding carboxylic acids is 3. The molecule has 0 heterocycles. The average Bonchev–Trinajstić information content (AvgIpc) is 2.55. The van der Waals surface area contributed by atoms with Gasteiger partial charge in [0.15, 0.2) is 0 Å². The van der Waals surface area contributed by atoms with Crippen molar-refractivity contribution in [2.45, 2.75) is 12.5 Å². The van der Waals surface area contributed by atoms with Crippen LogP contribution in [-0.4, -0.2) is 42.8 Å². The molecule has 0 aromatic heterocycles. The highest BCUT2D eigenvalue weighted by molar-refractivity contribution is 5.82. The first-order valence-corrected chi connectivity index (χ1v) is 6.78. The molecule has 1 aromatic carbocycles. The molecule has 0 aliphatic rings. The van der Waals surface area contributed by atoms with Gasteiger partial charge in [-0.15, -0.1) is 0 Å². The summed E-state index contributed by atoms with van der Waals surface area (Å²) in [5, 5.41) is 10.0. The summed E-state index contributed by atoms with van der Waals surface area (Å²) >= 11 is 0. The molecule has 0 saturated carbocycles. The molecule has 0 spiro atoms. The van der Waals surface area contributed by atoms with E-state index in [2.05, 4.69) is 11.3 Å². The third-order valence-electron chi connectivity index (χ3n) is 2.89. The van der Waals surface area contributed by atoms with Crippen molar-refractivity contribution in [3.8, 4) is 5.75 Å². The molecule has 2 unspecified atom stereocenters. The van der Waals surface area contributed by atoms with E-state index >= 15 is 0 Å². The number of hydrogen-bond donors (Lipinski definition) is 1. The molecule has 1 rings (SSSR count). The SMILES string of the molecule is C=CC(=O)OCC(C(=O)OC)C(O)CC(=O)Oc1ccccc1. The molecule has 0 amide bonds. The summed E-state index contributed by atoms with van der Waals surface area (Å²) in [5.74, 6) is -3.17. The quantitative estimate of drug-likeness (QED) is 0.430. The fourth-order valence-corrected chi connectivity index (χ4v) is 1.69. The number of para-hydroxylation sites is 1. The Morgan fingerprint density at radius 3 is 2.48 bits per heavy atom. The van der Waals surface area contributed by atoms with Crippen molar-refractivity contribution in [2.75, 3.05) is 13.7 Å². The van der Waals surface area contributed by atoms with Gasteiger partial charge < -0.3 is 19.3 Å². The van der Waals surface area contributed by atoms with E-state index in [1.165, 1.54) is 0 Å². The number of esters is 3. The molecule has 124 valence electrons. The molecule has 23 heavy (non-hydrogen) atoms. The van der Waals surface area contributed by atoms with Crippen molar-refractivity contribution < 1.29 is 33.7 Å². The van der Waals surface area contributed by atoms with E-state index in [1.54, 1.807) is 30.3 Å². The summed E-state index contributed by atoms with van der Waals surface area (Å²) in [6, 6.07) is 8.28. The third kappa shape index (κ3) is 6.31. The molecule has 7 nitrogen and oxygen atoms in total. The van der Waals surface area contributed by atoms with Gasteiger partial charge >= 0.3 is 17.9 Å². The van der Waals surface area contributed by atoms with Gasteiger partial charge in [0.05, 0.1) is 19.6 Å². The van der Waals surface area contributed by atoms with E-state index < -0.39 is 43.0 Å². The molecule has 0 bridgehead atoms. The maximum Gasteiger partial charge on any atom is 0.330 e. The Labute approximate surface area is 133 Å². The smallest absolute Gasteiger partial charge is 0.330 e. The largest absolute Gasteiger partial charge is 0.469 e. The molecule has 7 heteroatoms. The molecular weight excluding hydrogens is 304 g/mol. The van der Waals surface area contributed by atoms with Crippen LogP contribution in [0, 0.1) is 5.92 Å². The standard InChI is InChI=1S/C16H18O7/c1-3-14(18)22-10-12(16(20)21-2)13(17)9-15(19)23-11-7-5-4-6-8-11/h3-8,12-13,17H,1,9-10H2,2H3. The van der Waals surface area contributed by atoms with Crippen LogP contribution in [0.5, 0.6) is 5.75 Å². The minimum absolute atomic E-state index is 0.317. The number of rotatable bonds is 8. The van der Waals surface area contributed by atoms with Gasteiger partial charge in [0.1, 0.15) is 18.3 Å². The Hall–Kier alpha value is -2.67. The Balaban J connectivity index is 2.62. The minimum Gasteiger partial charge on any atom is -0.469 e. The highest BCUT2D eigenvalue weighted by atomic mass is 16.5. The Morgan fingerprint density at radius 2 is 1.91 bits per heavy atom. The van der Waals surface area contributed by atoms with Gasteiger partial charge in [-0.05, 0) is 12.1 Å². The topological polar surface area (TPSA) is 99.1 Å². The molecule has 0 fully saturated rings. The minimum atomic E-state index is -1.42. The lowest BCUT2D eigenvalue weighted by Gasteiger charge is -2.19. The van der Waals surface area contributed by atoms with Gasteiger partial charge in [-0.2, -0.15) is 0 Å². The number of methoxy groups -OCH3 is 1. The maximum absolute atomic E-state index is 11.8. The lowest BCUT2D eigenvalue weighted by atomic mass is 10.0. The third-order valence-corrected chi connectivity index (χ3v) is 2.89. The normalized spacial score (nSPS) is 12.6. The van der Waals surface area contributed by atoms with Crippen molar-refractivity contribution in [2.24, 2.45) is 5.92 Å². The van der Waals surface area contributed by atoms with Crippen LogP contribution in [0.3, 0.4) is 0 Å². The van der Waals surface area contributed by atoms with Gasteiger partial charge in [0, 0.05) is 6.08 Å². The first-order chi connectivity index (χ1) is 11.0. The lowest BCUT2D eigenvalue weighted by molar-refractivity contribution is -0.156. The molecule has 0 radical (unpaired) electrons. The average molecular weight is 322 g/mol. The van der Waals surface area contributed by atoms with Crippen LogP contribution in [-0.2, 0) is 23.9 Å². The first kappa shape index (κ1) is 18.4. The van der Waals surface area contributed by atoms with Crippen LogP contribution in [0.4, 0.5) is 0 Å². The van der Waals surface area contributed by atoms with Crippen molar-refractivity contribution in [1.29, 1.82) is 0 Å². The molecule has 0 aliphatic carbocycles. The van der Waals surface area contributed by atoms with Crippen molar-refractivity contribution in [3.05, 3.63) is 43.0 Å². The second-order valence-electron chi connectivity index (χ2n) is 4.52. The number of benzene rings is 1. The van der Waals surface area contributed by atoms with Gasteiger partial charge in [-0.25, -0.2) is 4.79 Å². The van der Waals surface area contributed by atoms with Gasteiger partial charge in [-0.3, -0.25) is 9.59 Å². The number of carbonyl (C=O) groups is 3. The van der Waals surface area contributed by atoms with Crippen molar-refractivity contribution in [3.63, 3.8) is 0 Å². The van der Waals surface area contributed by atoms with Crippen LogP contribution in [0.1, 0.15) is 6.42 Å². The lowest BCUT2D eigenvalue weighted by Crippen LogP contribution is -2.36. The molecule has 1 N–H and O–H groups in total. The molecular formula is C16H18O7. The number of ether oxygens (including phenoxy) is 3. The predicted molar refractivity (Wildman–Crippen MR) is 79.4 cm³/mol. The maximum atomic E-state index is 11.8. The van der Waals surface area contributed by atoms with Crippen LogP contribution >= 0.6 is 0 Å². The van der Waals surface area contributed by atoms with Crippen LogP contribution < -0.4 is 4.74 Å². The van der Waals surface area contributed by atoms with Crippen molar-refractivity contribution in [1.82, 2.24) is 0 Å². The Kier molecular flexibility index (Phi) is 7.49. The van der Waals surface area contributed by atoms with E-state index in [0.717, 1.165) is 13.2 Å². The number of hydrogen-bond acceptors (Lipinski definition) is 7. The zero-order valence-electron chi connectivity index (χ0n) is 12.6. The molecule has 1 aromatic rings. The summed E-state index contributed by atoms with van der Waals surface area (Å²) in [6.45, 7) is 2.78. The molecule has 0 aliphatic heterocycles. The second kappa shape index (κ2) is 9.37. The predicted octanol–water partition coefficient (Wildman–Crippen LogP) is 0.861. The first-order valence-electron chi connectivity index (χ1n) is 6.78. The zero-order chi connectivity index (χ0) is 17.2. The van der Waals surface area contributed by atoms with Crippen LogP contribution in [0.2, 0.25) is 0 Å². The van der Waals surface area contributed by atoms with Crippen molar-refractivity contribution >= 4 is 17.9 Å². The number of aliphatic hydroxyl groups is 1. The van der Waals surface area contributed by atoms with Gasteiger partial charge in [0.25, 0.3) is 0 Å². The van der Waals surface area contributed by atoms with E-state index in [-0.39, 0.29) is 0 Å². The Bertz CT molecular complexity index is 553. The summed E-state index contributed by atoms with van der Waals surface area (Å²) in [4.78, 5) is 34.5. The zero-order valence-corrected chi connectivity index (χ0v) is 12.6. The van der Waals surface area contributed by atoms with E-state index in [1.807, 2.05) is 0 Å². The number of aliphatic hydroxyl groups excluding tert-OH is 1. The van der Waals surface area contributed by atoms with Gasteiger partial charge in [-0.1, -0.05) is 24.8 Å². The van der Waals surface area contributed by atoms with E-state index in [0.29, 0.717) is 5.75 Å². The summed E-state index contributed by atoms with van der Waals surface area (Å²) < 4.78 is 14.3. The highest BCUT2D eigenvalue weighted by Gasteiger charge is 2.31. The fraction of sp³-hybridized carbons (Fsp3) is 0.312. The van der Waals surface area contributed by atoms with Gasteiger partial charge in [0.2, 0.25) is 0 Å². The van der Waals surface area contributed by atoms with E-state index in [9.17, 15) is 19.5 Å². The summed E-state index contributed by atoms with van der Waals surface area (Å²) in [6.07, 6.45) is -0.957. The molecule has 0 saturated heterocycles. The monoisotopic (exact) mass is 322 g/mol. The summed E-state index contributed by atoms with van der Waals surface area (Å²) in [7, 11) is 1.12. The Morgan fingerprint density at radius 1 is 1.26 bits per heavy atom. The summed E-state index contributed by atoms with van der Waals surface area (Å²) in [5.41, 5.74) is 0. The van der Waals surface area contributed by atoms with Crippen LogP contribution in [0.25, 0.3) is 0 Å². The molecule has 2 atom stereocenters. The van der Waals surface area contributed by atoms with Crippen LogP contribution in [0.15, 0.2) is 43.0 Å². The van der Waals surface area contributed by atoms with E-state index in [4.69, 9.17) is 9.47 Å². The second-order valence-corrected chi connectivity index (χ2v) is 4.52.